The minimum Gasteiger partial charge on any atom is -0.342 e. The van der Waals surface area contributed by atoms with Gasteiger partial charge in [0.15, 0.2) is 0 Å². The summed E-state index contributed by atoms with van der Waals surface area (Å²) in [5, 5.41) is 0.470. The van der Waals surface area contributed by atoms with E-state index < -0.39 is 0 Å². The normalized spacial score (nSPS) is 10.8. The summed E-state index contributed by atoms with van der Waals surface area (Å²) in [6.45, 7) is 1.67. The van der Waals surface area contributed by atoms with E-state index in [1.54, 1.807) is 30.1 Å². The maximum atomic E-state index is 12.2. The van der Waals surface area contributed by atoms with E-state index in [0.717, 1.165) is 17.9 Å². The molecule has 0 fully saturated rings. The van der Waals surface area contributed by atoms with Crippen LogP contribution in [0.4, 0.5) is 0 Å². The smallest absolute Gasteiger partial charge is 0.255 e. The third-order valence-corrected chi connectivity index (χ3v) is 3.23. The van der Waals surface area contributed by atoms with Gasteiger partial charge in [0, 0.05) is 18.5 Å². The maximum Gasteiger partial charge on any atom is 0.255 e. The van der Waals surface area contributed by atoms with Crippen molar-refractivity contribution in [3.8, 4) is 0 Å². The van der Waals surface area contributed by atoms with Crippen LogP contribution >= 0.6 is 24.2 Å². The van der Waals surface area contributed by atoms with Crippen molar-refractivity contribution in [1.29, 1.82) is 0 Å². The van der Waals surface area contributed by atoms with Crippen LogP contribution in [-0.4, -0.2) is 49.9 Å². The lowest BCUT2D eigenvalue weighted by Crippen LogP contribution is -2.30. The third-order valence-electron chi connectivity index (χ3n) is 2.63. The van der Waals surface area contributed by atoms with E-state index in [2.05, 4.69) is 17.5 Å². The Balaban J connectivity index is 2.65. The molecular weight excluding hydrogens is 268 g/mol. The molecule has 0 radical (unpaired) electrons. The van der Waals surface area contributed by atoms with Gasteiger partial charge in [0.1, 0.15) is 0 Å². The molecule has 1 amide bonds. The zero-order valence-electron chi connectivity index (χ0n) is 11.0. The molecule has 0 heterocycles. The Morgan fingerprint density at radius 1 is 1.28 bits per heavy atom. The van der Waals surface area contributed by atoms with Gasteiger partial charge in [-0.25, -0.2) is 0 Å². The van der Waals surface area contributed by atoms with Gasteiger partial charge in [0.2, 0.25) is 0 Å². The SMILES string of the molecule is CN(C)CCCN(C)C(=O)c1cc(S)ccc1Cl. The zero-order valence-corrected chi connectivity index (χ0v) is 12.6. The standard InChI is InChI=1S/C13H19ClN2OS/c1-15(2)7-4-8-16(3)13(17)11-9-10(18)5-6-12(11)14/h5-6,9,18H,4,7-8H2,1-3H3. The summed E-state index contributed by atoms with van der Waals surface area (Å²) in [5.41, 5.74) is 0.511. The molecule has 3 nitrogen and oxygen atoms in total. The van der Waals surface area contributed by atoms with E-state index in [1.807, 2.05) is 14.1 Å². The highest BCUT2D eigenvalue weighted by Gasteiger charge is 2.15. The van der Waals surface area contributed by atoms with Crippen molar-refractivity contribution in [3.63, 3.8) is 0 Å². The Labute approximate surface area is 119 Å². The molecule has 0 N–H and O–H groups in total. The number of halogens is 1. The highest BCUT2D eigenvalue weighted by atomic mass is 35.5. The summed E-state index contributed by atoms with van der Waals surface area (Å²) < 4.78 is 0. The Kier molecular flexibility index (Phi) is 5.99. The van der Waals surface area contributed by atoms with Crippen LogP contribution in [-0.2, 0) is 0 Å². The summed E-state index contributed by atoms with van der Waals surface area (Å²) in [7, 11) is 5.83. The first-order chi connectivity index (χ1) is 8.41. The molecule has 0 unspecified atom stereocenters. The summed E-state index contributed by atoms with van der Waals surface area (Å²) in [4.78, 5) is 16.7. The molecule has 0 bridgehead atoms. The van der Waals surface area contributed by atoms with Crippen molar-refractivity contribution in [3.05, 3.63) is 28.8 Å². The molecular formula is C13H19ClN2OS. The highest BCUT2D eigenvalue weighted by Crippen LogP contribution is 2.20. The molecule has 1 aromatic rings. The van der Waals surface area contributed by atoms with Crippen LogP contribution in [0.25, 0.3) is 0 Å². The quantitative estimate of drug-likeness (QED) is 0.841. The molecule has 0 aliphatic rings. The van der Waals surface area contributed by atoms with Gasteiger partial charge in [0.25, 0.3) is 5.91 Å². The van der Waals surface area contributed by atoms with E-state index in [4.69, 9.17) is 11.6 Å². The third kappa shape index (κ3) is 4.52. The van der Waals surface area contributed by atoms with Gasteiger partial charge >= 0.3 is 0 Å². The van der Waals surface area contributed by atoms with Crippen LogP contribution in [0.5, 0.6) is 0 Å². The zero-order chi connectivity index (χ0) is 13.7. The molecule has 0 spiro atoms. The summed E-state index contributed by atoms with van der Waals surface area (Å²) >= 11 is 10.3. The number of benzene rings is 1. The van der Waals surface area contributed by atoms with Crippen LogP contribution in [0.15, 0.2) is 23.1 Å². The van der Waals surface area contributed by atoms with Crippen LogP contribution in [0.2, 0.25) is 5.02 Å². The minimum atomic E-state index is -0.0605. The monoisotopic (exact) mass is 286 g/mol. The minimum absolute atomic E-state index is 0.0605. The van der Waals surface area contributed by atoms with E-state index in [1.165, 1.54) is 0 Å². The lowest BCUT2D eigenvalue weighted by molar-refractivity contribution is 0.0790. The molecule has 0 aliphatic heterocycles. The van der Waals surface area contributed by atoms with Gasteiger partial charge in [0.05, 0.1) is 10.6 Å². The van der Waals surface area contributed by atoms with Crippen LogP contribution in [0.3, 0.4) is 0 Å². The molecule has 0 aromatic heterocycles. The molecule has 1 aromatic carbocycles. The number of nitrogens with zero attached hydrogens (tertiary/aromatic N) is 2. The van der Waals surface area contributed by atoms with Gasteiger partial charge in [-0.1, -0.05) is 11.6 Å². The topological polar surface area (TPSA) is 23.6 Å². The Morgan fingerprint density at radius 3 is 2.56 bits per heavy atom. The molecule has 1 rings (SSSR count). The highest BCUT2D eigenvalue weighted by molar-refractivity contribution is 7.80. The van der Waals surface area contributed by atoms with Gasteiger partial charge < -0.3 is 9.80 Å². The Morgan fingerprint density at radius 2 is 1.94 bits per heavy atom. The van der Waals surface area contributed by atoms with E-state index in [9.17, 15) is 4.79 Å². The number of rotatable bonds is 5. The molecule has 0 saturated carbocycles. The maximum absolute atomic E-state index is 12.2. The number of carbonyl (C=O) groups excluding carboxylic acids is 1. The number of hydrogen-bond donors (Lipinski definition) is 1. The second-order valence-electron chi connectivity index (χ2n) is 4.55. The predicted octanol–water partition coefficient (Wildman–Crippen LogP) is 2.65. The predicted molar refractivity (Wildman–Crippen MR) is 78.8 cm³/mol. The second-order valence-corrected chi connectivity index (χ2v) is 5.47. The Hall–Kier alpha value is -0.710. The fraction of sp³-hybridized carbons (Fsp3) is 0.462. The van der Waals surface area contributed by atoms with Gasteiger partial charge in [-0.05, 0) is 45.3 Å². The molecule has 0 aliphatic carbocycles. The van der Waals surface area contributed by atoms with E-state index in [-0.39, 0.29) is 5.91 Å². The summed E-state index contributed by atoms with van der Waals surface area (Å²) in [6.07, 6.45) is 0.938. The summed E-state index contributed by atoms with van der Waals surface area (Å²) in [6, 6.07) is 5.18. The first kappa shape index (κ1) is 15.3. The van der Waals surface area contributed by atoms with Crippen molar-refractivity contribution in [2.45, 2.75) is 11.3 Å². The molecule has 0 saturated heterocycles. The van der Waals surface area contributed by atoms with Gasteiger partial charge in [-0.2, -0.15) is 0 Å². The van der Waals surface area contributed by atoms with Gasteiger partial charge in [-0.3, -0.25) is 4.79 Å². The van der Waals surface area contributed by atoms with Crippen LogP contribution in [0, 0.1) is 0 Å². The molecule has 100 valence electrons. The fourth-order valence-corrected chi connectivity index (χ4v) is 2.01. The first-order valence-electron chi connectivity index (χ1n) is 5.80. The molecule has 0 atom stereocenters. The Bertz CT molecular complexity index is 423. The van der Waals surface area contributed by atoms with E-state index in [0.29, 0.717) is 17.1 Å². The average molecular weight is 287 g/mol. The van der Waals surface area contributed by atoms with Crippen LogP contribution in [0.1, 0.15) is 16.8 Å². The van der Waals surface area contributed by atoms with Crippen molar-refractivity contribution < 1.29 is 4.79 Å². The fourth-order valence-electron chi connectivity index (χ4n) is 1.61. The van der Waals surface area contributed by atoms with Crippen molar-refractivity contribution in [1.82, 2.24) is 9.80 Å². The number of hydrogen-bond acceptors (Lipinski definition) is 3. The molecule has 5 heteroatoms. The number of thiol groups is 1. The first-order valence-corrected chi connectivity index (χ1v) is 6.63. The van der Waals surface area contributed by atoms with Crippen molar-refractivity contribution in [2.24, 2.45) is 0 Å². The number of carbonyl (C=O) groups is 1. The lowest BCUT2D eigenvalue weighted by Gasteiger charge is -2.19. The largest absolute Gasteiger partial charge is 0.342 e. The van der Waals surface area contributed by atoms with Crippen molar-refractivity contribution in [2.75, 3.05) is 34.2 Å². The molecule has 18 heavy (non-hydrogen) atoms. The van der Waals surface area contributed by atoms with Gasteiger partial charge in [-0.15, -0.1) is 12.6 Å². The van der Waals surface area contributed by atoms with E-state index >= 15 is 0 Å². The van der Waals surface area contributed by atoms with Crippen molar-refractivity contribution >= 4 is 30.1 Å². The lowest BCUT2D eigenvalue weighted by atomic mass is 10.2. The summed E-state index contributed by atoms with van der Waals surface area (Å²) in [5.74, 6) is -0.0605. The van der Waals surface area contributed by atoms with Crippen LogP contribution < -0.4 is 0 Å². The average Bonchev–Trinajstić information content (AvgIpc) is 2.30. The second kappa shape index (κ2) is 7.02. The number of amides is 1.